The normalized spacial score (nSPS) is 10.1. The van der Waals surface area contributed by atoms with Crippen molar-refractivity contribution < 1.29 is 4.79 Å². The number of hydrogen-bond acceptors (Lipinski definition) is 2. The second-order valence-electron chi connectivity index (χ2n) is 4.31. The second-order valence-corrected chi connectivity index (χ2v) is 4.31. The van der Waals surface area contributed by atoms with Gasteiger partial charge in [-0.2, -0.15) is 5.26 Å². The lowest BCUT2D eigenvalue weighted by Gasteiger charge is -2.05. The van der Waals surface area contributed by atoms with Gasteiger partial charge in [0.1, 0.15) is 5.69 Å². The Balaban J connectivity index is 2.34. The zero-order valence-corrected chi connectivity index (χ0v) is 10.8. The highest BCUT2D eigenvalue weighted by Crippen LogP contribution is 2.20. The van der Waals surface area contributed by atoms with Gasteiger partial charge in [-0.15, -0.1) is 6.58 Å². The number of benzene rings is 1. The second kappa shape index (κ2) is 5.40. The molecule has 0 atom stereocenters. The number of carbonyl (C=O) groups excluding carboxylic acids is 1. The molecule has 0 aliphatic heterocycles. The Hall–Kier alpha value is -2.54. The maximum atomic E-state index is 12.0. The van der Waals surface area contributed by atoms with Crippen molar-refractivity contribution in [3.8, 4) is 6.07 Å². The van der Waals surface area contributed by atoms with Gasteiger partial charge in [0.05, 0.1) is 11.6 Å². The standard InChI is InChI=1S/C15H15N3O/c1-3-4-7-17-15(19)14-9-12-6-5-11(10-16)8-13(12)18(14)2/h3,5-6,8-9H,1,4,7H2,2H3,(H,17,19). The van der Waals surface area contributed by atoms with Crippen molar-refractivity contribution in [3.63, 3.8) is 0 Å². The summed E-state index contributed by atoms with van der Waals surface area (Å²) in [5.74, 6) is -0.112. The summed E-state index contributed by atoms with van der Waals surface area (Å²) < 4.78 is 1.80. The molecule has 4 nitrogen and oxygen atoms in total. The topological polar surface area (TPSA) is 57.8 Å². The lowest BCUT2D eigenvalue weighted by molar-refractivity contribution is 0.0946. The van der Waals surface area contributed by atoms with Crippen LogP contribution in [0.1, 0.15) is 22.5 Å². The van der Waals surface area contributed by atoms with Crippen LogP contribution in [0.3, 0.4) is 0 Å². The third-order valence-electron chi connectivity index (χ3n) is 3.04. The first-order valence-electron chi connectivity index (χ1n) is 6.06. The quantitative estimate of drug-likeness (QED) is 0.671. The highest BCUT2D eigenvalue weighted by molar-refractivity contribution is 5.98. The summed E-state index contributed by atoms with van der Waals surface area (Å²) in [4.78, 5) is 12.0. The van der Waals surface area contributed by atoms with E-state index in [0.717, 1.165) is 17.3 Å². The summed E-state index contributed by atoms with van der Waals surface area (Å²) in [6.45, 7) is 4.19. The monoisotopic (exact) mass is 253 g/mol. The molecule has 0 saturated heterocycles. The summed E-state index contributed by atoms with van der Waals surface area (Å²) in [5, 5.41) is 12.7. The number of nitrogens with one attached hydrogen (secondary N) is 1. The molecular weight excluding hydrogens is 238 g/mol. The third-order valence-corrected chi connectivity index (χ3v) is 3.04. The first kappa shape index (κ1) is 12.9. The summed E-state index contributed by atoms with van der Waals surface area (Å²) in [5.41, 5.74) is 2.06. The van der Waals surface area contributed by atoms with Crippen molar-refractivity contribution in [1.29, 1.82) is 5.26 Å². The maximum absolute atomic E-state index is 12.0. The van der Waals surface area contributed by atoms with Gasteiger partial charge >= 0.3 is 0 Å². The van der Waals surface area contributed by atoms with Crippen molar-refractivity contribution in [2.75, 3.05) is 6.54 Å². The molecule has 0 aliphatic carbocycles. The number of nitrogens with zero attached hydrogens (tertiary/aromatic N) is 2. The minimum absolute atomic E-state index is 0.112. The summed E-state index contributed by atoms with van der Waals surface area (Å²) in [6, 6.07) is 9.33. The molecule has 0 aliphatic rings. The molecule has 2 aromatic rings. The minimum Gasteiger partial charge on any atom is -0.350 e. The molecule has 0 radical (unpaired) electrons. The van der Waals surface area contributed by atoms with Crippen LogP contribution < -0.4 is 5.32 Å². The Bertz CT molecular complexity index is 676. The fourth-order valence-electron chi connectivity index (χ4n) is 2.00. The van der Waals surface area contributed by atoms with Crippen LogP contribution >= 0.6 is 0 Å². The lowest BCUT2D eigenvalue weighted by Crippen LogP contribution is -2.25. The van der Waals surface area contributed by atoms with E-state index in [9.17, 15) is 4.79 Å². The molecule has 1 N–H and O–H groups in total. The zero-order valence-electron chi connectivity index (χ0n) is 10.8. The van der Waals surface area contributed by atoms with Gasteiger partial charge in [0.25, 0.3) is 5.91 Å². The number of aromatic nitrogens is 1. The molecule has 0 fully saturated rings. The van der Waals surface area contributed by atoms with E-state index in [0.29, 0.717) is 17.8 Å². The van der Waals surface area contributed by atoms with E-state index in [1.807, 2.05) is 19.2 Å². The maximum Gasteiger partial charge on any atom is 0.267 e. The molecule has 2 rings (SSSR count). The fourth-order valence-corrected chi connectivity index (χ4v) is 2.00. The molecule has 0 spiro atoms. The average molecular weight is 253 g/mol. The number of hydrogen-bond donors (Lipinski definition) is 1. The number of carbonyl (C=O) groups is 1. The van der Waals surface area contributed by atoms with Gasteiger partial charge in [0, 0.05) is 24.5 Å². The van der Waals surface area contributed by atoms with Crippen LogP contribution in [0, 0.1) is 11.3 Å². The molecule has 1 aromatic heterocycles. The van der Waals surface area contributed by atoms with E-state index in [2.05, 4.69) is 18.0 Å². The van der Waals surface area contributed by atoms with Crippen LogP contribution in [0.15, 0.2) is 36.9 Å². The smallest absolute Gasteiger partial charge is 0.267 e. The van der Waals surface area contributed by atoms with Gasteiger partial charge in [-0.05, 0) is 24.6 Å². The van der Waals surface area contributed by atoms with Gasteiger partial charge in [0.2, 0.25) is 0 Å². The van der Waals surface area contributed by atoms with E-state index in [-0.39, 0.29) is 5.91 Å². The molecule has 1 amide bonds. The Labute approximate surface area is 112 Å². The van der Waals surface area contributed by atoms with Gasteiger partial charge < -0.3 is 9.88 Å². The molecule has 0 saturated carbocycles. The molecule has 0 unspecified atom stereocenters. The van der Waals surface area contributed by atoms with Crippen LogP contribution in [-0.2, 0) is 7.05 Å². The average Bonchev–Trinajstić information content (AvgIpc) is 2.76. The largest absolute Gasteiger partial charge is 0.350 e. The summed E-state index contributed by atoms with van der Waals surface area (Å²) in [6.07, 6.45) is 2.51. The minimum atomic E-state index is -0.112. The number of fused-ring (bicyclic) bond motifs is 1. The van der Waals surface area contributed by atoms with Crippen molar-refractivity contribution in [3.05, 3.63) is 48.2 Å². The SMILES string of the molecule is C=CCCNC(=O)c1cc2ccc(C#N)cc2n1C. The Morgan fingerprint density at radius 1 is 1.53 bits per heavy atom. The van der Waals surface area contributed by atoms with Crippen LogP contribution in [0.25, 0.3) is 10.9 Å². The van der Waals surface area contributed by atoms with Gasteiger partial charge in [0.15, 0.2) is 0 Å². The van der Waals surface area contributed by atoms with Crippen LogP contribution in [0.4, 0.5) is 0 Å². The third kappa shape index (κ3) is 2.50. The van der Waals surface area contributed by atoms with E-state index < -0.39 is 0 Å². The Morgan fingerprint density at radius 2 is 2.32 bits per heavy atom. The van der Waals surface area contributed by atoms with Crippen molar-refractivity contribution in [2.45, 2.75) is 6.42 Å². The highest BCUT2D eigenvalue weighted by atomic mass is 16.1. The molecule has 96 valence electrons. The van der Waals surface area contributed by atoms with Gasteiger partial charge in [-0.3, -0.25) is 4.79 Å². The predicted molar refractivity (Wildman–Crippen MR) is 74.8 cm³/mol. The number of amides is 1. The number of nitriles is 1. The summed E-state index contributed by atoms with van der Waals surface area (Å²) >= 11 is 0. The fraction of sp³-hybridized carbons (Fsp3) is 0.200. The lowest BCUT2D eigenvalue weighted by atomic mass is 10.2. The number of aryl methyl sites for hydroxylation is 1. The molecule has 0 bridgehead atoms. The highest BCUT2D eigenvalue weighted by Gasteiger charge is 2.12. The van der Waals surface area contributed by atoms with Crippen molar-refractivity contribution in [2.24, 2.45) is 7.05 Å². The predicted octanol–water partition coefficient (Wildman–Crippen LogP) is 2.36. The molecule has 1 heterocycles. The van der Waals surface area contributed by atoms with E-state index in [4.69, 9.17) is 5.26 Å². The van der Waals surface area contributed by atoms with Crippen molar-refractivity contribution >= 4 is 16.8 Å². The summed E-state index contributed by atoms with van der Waals surface area (Å²) in [7, 11) is 1.83. The molecular formula is C15H15N3O. The van der Waals surface area contributed by atoms with Crippen LogP contribution in [0.5, 0.6) is 0 Å². The van der Waals surface area contributed by atoms with Gasteiger partial charge in [-0.25, -0.2) is 0 Å². The zero-order chi connectivity index (χ0) is 13.8. The Morgan fingerprint density at radius 3 is 3.00 bits per heavy atom. The first-order chi connectivity index (χ1) is 9.17. The molecule has 1 aromatic carbocycles. The number of rotatable bonds is 4. The van der Waals surface area contributed by atoms with Crippen LogP contribution in [0.2, 0.25) is 0 Å². The Kier molecular flexibility index (Phi) is 3.67. The van der Waals surface area contributed by atoms with Crippen LogP contribution in [-0.4, -0.2) is 17.0 Å². The molecule has 4 heteroatoms. The van der Waals surface area contributed by atoms with Gasteiger partial charge in [-0.1, -0.05) is 12.1 Å². The molecule has 19 heavy (non-hydrogen) atoms. The van der Waals surface area contributed by atoms with E-state index in [1.165, 1.54) is 0 Å². The van der Waals surface area contributed by atoms with E-state index in [1.54, 1.807) is 22.8 Å². The first-order valence-corrected chi connectivity index (χ1v) is 6.06. The van der Waals surface area contributed by atoms with E-state index >= 15 is 0 Å². The van der Waals surface area contributed by atoms with Crippen molar-refractivity contribution in [1.82, 2.24) is 9.88 Å².